The van der Waals surface area contributed by atoms with Gasteiger partial charge in [0.25, 0.3) is 0 Å². The SMILES string of the molecule is CCCn1ccnc1CC(=O)c1cc(F)ccc1F. The van der Waals surface area contributed by atoms with Gasteiger partial charge in [0.1, 0.15) is 17.5 Å². The smallest absolute Gasteiger partial charge is 0.173 e. The molecule has 0 saturated carbocycles. The highest BCUT2D eigenvalue weighted by Gasteiger charge is 2.15. The number of halogens is 2. The molecule has 1 aromatic heterocycles. The number of ketones is 1. The second-order valence-corrected chi connectivity index (χ2v) is 4.26. The maximum absolute atomic E-state index is 13.5. The number of aryl methyl sites for hydroxylation is 1. The number of benzene rings is 1. The first-order valence-corrected chi connectivity index (χ1v) is 6.10. The van der Waals surface area contributed by atoms with E-state index in [1.807, 2.05) is 11.5 Å². The highest BCUT2D eigenvalue weighted by Crippen LogP contribution is 2.13. The predicted octanol–water partition coefficient (Wildman–Crippen LogP) is 3.00. The zero-order valence-corrected chi connectivity index (χ0v) is 10.6. The van der Waals surface area contributed by atoms with E-state index in [9.17, 15) is 13.6 Å². The average molecular weight is 264 g/mol. The van der Waals surface area contributed by atoms with Crippen molar-refractivity contribution in [1.82, 2.24) is 9.55 Å². The van der Waals surface area contributed by atoms with E-state index in [-0.39, 0.29) is 12.0 Å². The fourth-order valence-corrected chi connectivity index (χ4v) is 1.90. The summed E-state index contributed by atoms with van der Waals surface area (Å²) in [5, 5.41) is 0. The summed E-state index contributed by atoms with van der Waals surface area (Å²) in [6, 6.07) is 2.87. The molecular weight excluding hydrogens is 250 g/mol. The van der Waals surface area contributed by atoms with Crippen LogP contribution in [0.3, 0.4) is 0 Å². The summed E-state index contributed by atoms with van der Waals surface area (Å²) >= 11 is 0. The Hall–Kier alpha value is -2.04. The summed E-state index contributed by atoms with van der Waals surface area (Å²) < 4.78 is 28.4. The molecule has 3 nitrogen and oxygen atoms in total. The molecule has 0 spiro atoms. The van der Waals surface area contributed by atoms with Crippen LogP contribution in [0, 0.1) is 11.6 Å². The second kappa shape index (κ2) is 5.73. The van der Waals surface area contributed by atoms with Crippen molar-refractivity contribution >= 4 is 5.78 Å². The van der Waals surface area contributed by atoms with Gasteiger partial charge in [0.05, 0.1) is 12.0 Å². The molecule has 5 heteroatoms. The van der Waals surface area contributed by atoms with Crippen LogP contribution in [-0.4, -0.2) is 15.3 Å². The third kappa shape index (κ3) is 3.05. The number of hydrogen-bond donors (Lipinski definition) is 0. The van der Waals surface area contributed by atoms with Crippen molar-refractivity contribution < 1.29 is 13.6 Å². The van der Waals surface area contributed by atoms with Crippen LogP contribution in [-0.2, 0) is 13.0 Å². The van der Waals surface area contributed by atoms with Crippen LogP contribution in [0.5, 0.6) is 0 Å². The van der Waals surface area contributed by atoms with Gasteiger partial charge in [-0.3, -0.25) is 4.79 Å². The van der Waals surface area contributed by atoms with Crippen molar-refractivity contribution in [2.75, 3.05) is 0 Å². The van der Waals surface area contributed by atoms with Crippen molar-refractivity contribution in [2.45, 2.75) is 26.3 Å². The molecule has 0 N–H and O–H groups in total. The van der Waals surface area contributed by atoms with E-state index in [2.05, 4.69) is 4.98 Å². The number of carbonyl (C=O) groups excluding carboxylic acids is 1. The summed E-state index contributed by atoms with van der Waals surface area (Å²) in [7, 11) is 0. The number of imidazole rings is 1. The van der Waals surface area contributed by atoms with Gasteiger partial charge in [-0.15, -0.1) is 0 Å². The summed E-state index contributed by atoms with van der Waals surface area (Å²) in [6.45, 7) is 2.76. The van der Waals surface area contributed by atoms with E-state index < -0.39 is 17.4 Å². The zero-order valence-electron chi connectivity index (χ0n) is 10.6. The molecule has 0 unspecified atom stereocenters. The number of rotatable bonds is 5. The monoisotopic (exact) mass is 264 g/mol. The quantitative estimate of drug-likeness (QED) is 0.778. The molecule has 0 radical (unpaired) electrons. The molecule has 1 aromatic carbocycles. The lowest BCUT2D eigenvalue weighted by atomic mass is 10.1. The Morgan fingerprint density at radius 3 is 2.89 bits per heavy atom. The van der Waals surface area contributed by atoms with Crippen molar-refractivity contribution in [2.24, 2.45) is 0 Å². The third-order valence-corrected chi connectivity index (χ3v) is 2.81. The summed E-state index contributed by atoms with van der Waals surface area (Å²) in [5.74, 6) is -1.24. The zero-order chi connectivity index (χ0) is 13.8. The highest BCUT2D eigenvalue weighted by atomic mass is 19.1. The molecule has 0 fully saturated rings. The molecule has 2 rings (SSSR count). The standard InChI is InChI=1S/C14H14F2N2O/c1-2-6-18-7-5-17-14(18)9-13(19)11-8-10(15)3-4-12(11)16/h3-5,7-8H,2,6,9H2,1H3. The number of aromatic nitrogens is 2. The Balaban J connectivity index is 2.21. The van der Waals surface area contributed by atoms with Crippen LogP contribution in [0.1, 0.15) is 29.5 Å². The first-order chi connectivity index (χ1) is 9.11. The maximum atomic E-state index is 13.5. The van der Waals surface area contributed by atoms with Crippen LogP contribution in [0.2, 0.25) is 0 Å². The first kappa shape index (κ1) is 13.4. The van der Waals surface area contributed by atoms with Crippen LogP contribution < -0.4 is 0 Å². The normalized spacial score (nSPS) is 10.7. The minimum absolute atomic E-state index is 0.0344. The Bertz CT molecular complexity index is 593. The van der Waals surface area contributed by atoms with E-state index >= 15 is 0 Å². The van der Waals surface area contributed by atoms with Gasteiger partial charge in [0.15, 0.2) is 5.78 Å². The minimum Gasteiger partial charge on any atom is -0.335 e. The molecule has 100 valence electrons. The third-order valence-electron chi connectivity index (χ3n) is 2.81. The Morgan fingerprint density at radius 1 is 1.37 bits per heavy atom. The maximum Gasteiger partial charge on any atom is 0.173 e. The lowest BCUT2D eigenvalue weighted by molar-refractivity contribution is 0.0985. The summed E-state index contributed by atoms with van der Waals surface area (Å²) in [4.78, 5) is 16.1. The molecule has 0 aliphatic carbocycles. The second-order valence-electron chi connectivity index (χ2n) is 4.26. The van der Waals surface area contributed by atoms with Gasteiger partial charge in [-0.25, -0.2) is 13.8 Å². The van der Waals surface area contributed by atoms with Gasteiger partial charge in [0.2, 0.25) is 0 Å². The summed E-state index contributed by atoms with van der Waals surface area (Å²) in [5.41, 5.74) is -0.231. The van der Waals surface area contributed by atoms with Crippen LogP contribution in [0.4, 0.5) is 8.78 Å². The molecule has 0 saturated heterocycles. The fourth-order valence-electron chi connectivity index (χ4n) is 1.90. The van der Waals surface area contributed by atoms with Crippen molar-refractivity contribution in [3.05, 3.63) is 53.6 Å². The number of hydrogen-bond acceptors (Lipinski definition) is 2. The lowest BCUT2D eigenvalue weighted by Crippen LogP contribution is -2.12. The van der Waals surface area contributed by atoms with Gasteiger partial charge >= 0.3 is 0 Å². The largest absolute Gasteiger partial charge is 0.335 e. The molecule has 0 atom stereocenters. The molecule has 19 heavy (non-hydrogen) atoms. The Labute approximate surface area is 109 Å². The first-order valence-electron chi connectivity index (χ1n) is 6.10. The summed E-state index contributed by atoms with van der Waals surface area (Å²) in [6.07, 6.45) is 4.24. The van der Waals surface area contributed by atoms with Gasteiger partial charge < -0.3 is 4.57 Å². The highest BCUT2D eigenvalue weighted by molar-refractivity contribution is 5.97. The van der Waals surface area contributed by atoms with Gasteiger partial charge in [-0.1, -0.05) is 6.92 Å². The van der Waals surface area contributed by atoms with Gasteiger partial charge in [-0.2, -0.15) is 0 Å². The van der Waals surface area contributed by atoms with Crippen molar-refractivity contribution in [1.29, 1.82) is 0 Å². The van der Waals surface area contributed by atoms with E-state index in [0.29, 0.717) is 5.82 Å². The predicted molar refractivity (Wildman–Crippen MR) is 66.9 cm³/mol. The van der Waals surface area contributed by atoms with E-state index in [1.165, 1.54) is 0 Å². The molecule has 0 amide bonds. The van der Waals surface area contributed by atoms with Crippen molar-refractivity contribution in [3.8, 4) is 0 Å². The molecule has 2 aromatic rings. The number of carbonyl (C=O) groups is 1. The number of nitrogens with zero attached hydrogens (tertiary/aromatic N) is 2. The Kier molecular flexibility index (Phi) is 4.04. The van der Waals surface area contributed by atoms with Gasteiger partial charge in [0, 0.05) is 18.9 Å². The topological polar surface area (TPSA) is 34.9 Å². The fraction of sp³-hybridized carbons (Fsp3) is 0.286. The van der Waals surface area contributed by atoms with Crippen LogP contribution in [0.15, 0.2) is 30.6 Å². The van der Waals surface area contributed by atoms with Gasteiger partial charge in [-0.05, 0) is 24.6 Å². The molecule has 0 aliphatic heterocycles. The molecular formula is C14H14F2N2O. The number of Topliss-reactive ketones (excluding diaryl/α,β-unsaturated/α-hetero) is 1. The van der Waals surface area contributed by atoms with E-state index in [4.69, 9.17) is 0 Å². The van der Waals surface area contributed by atoms with Crippen LogP contribution >= 0.6 is 0 Å². The molecule has 0 bridgehead atoms. The van der Waals surface area contributed by atoms with Crippen molar-refractivity contribution in [3.63, 3.8) is 0 Å². The minimum atomic E-state index is -0.708. The Morgan fingerprint density at radius 2 is 2.16 bits per heavy atom. The molecule has 1 heterocycles. The van der Waals surface area contributed by atoms with E-state index in [0.717, 1.165) is 31.2 Å². The van der Waals surface area contributed by atoms with E-state index in [1.54, 1.807) is 12.4 Å². The lowest BCUT2D eigenvalue weighted by Gasteiger charge is -2.06. The average Bonchev–Trinajstić information content (AvgIpc) is 2.80. The van der Waals surface area contributed by atoms with Crippen LogP contribution in [0.25, 0.3) is 0 Å². The molecule has 0 aliphatic rings.